The molecular formula is C11H10BrFN2O2. The highest BCUT2D eigenvalue weighted by molar-refractivity contribution is 9.10. The lowest BCUT2D eigenvalue weighted by molar-refractivity contribution is -0.136. The molecule has 0 spiro atoms. The number of carbonyl (C=O) groups is 2. The van der Waals surface area contributed by atoms with Gasteiger partial charge in [0, 0.05) is 11.5 Å². The summed E-state index contributed by atoms with van der Waals surface area (Å²) >= 11 is 3.19. The van der Waals surface area contributed by atoms with Crippen molar-refractivity contribution in [2.24, 2.45) is 0 Å². The highest BCUT2D eigenvalue weighted by Crippen LogP contribution is 2.27. The predicted molar refractivity (Wildman–Crippen MR) is 63.9 cm³/mol. The van der Waals surface area contributed by atoms with E-state index in [-0.39, 0.29) is 23.9 Å². The fraction of sp³-hybridized carbons (Fsp3) is 0.273. The molecule has 0 radical (unpaired) electrons. The molecule has 90 valence electrons. The standard InChI is InChI=1S/C11H10BrFN2O2/c1-15-9(16)5-8(11(15)17)14-10-6(12)3-2-4-7(10)13/h2-4,8,14H,5H2,1H3. The number of hydrogen-bond acceptors (Lipinski definition) is 3. The molecule has 0 aromatic heterocycles. The van der Waals surface area contributed by atoms with E-state index in [1.165, 1.54) is 13.1 Å². The zero-order valence-electron chi connectivity index (χ0n) is 9.04. The first-order valence-electron chi connectivity index (χ1n) is 5.01. The Hall–Kier alpha value is -1.43. The largest absolute Gasteiger partial charge is 0.370 e. The van der Waals surface area contributed by atoms with Crippen LogP contribution in [0, 0.1) is 5.82 Å². The summed E-state index contributed by atoms with van der Waals surface area (Å²) in [7, 11) is 1.42. The summed E-state index contributed by atoms with van der Waals surface area (Å²) in [6.07, 6.45) is 0.0517. The molecule has 2 amide bonds. The van der Waals surface area contributed by atoms with Gasteiger partial charge in [0.15, 0.2) is 0 Å². The maximum atomic E-state index is 13.5. The fourth-order valence-corrected chi connectivity index (χ4v) is 2.13. The molecule has 1 saturated heterocycles. The number of nitrogens with one attached hydrogen (secondary N) is 1. The van der Waals surface area contributed by atoms with Crippen molar-refractivity contribution in [1.82, 2.24) is 4.90 Å². The minimum Gasteiger partial charge on any atom is -0.370 e. The maximum Gasteiger partial charge on any atom is 0.251 e. The summed E-state index contributed by atoms with van der Waals surface area (Å²) in [6.45, 7) is 0. The third kappa shape index (κ3) is 2.17. The fourth-order valence-electron chi connectivity index (χ4n) is 1.68. The third-order valence-corrected chi connectivity index (χ3v) is 3.32. The van der Waals surface area contributed by atoms with Crippen molar-refractivity contribution in [1.29, 1.82) is 0 Å². The molecule has 0 bridgehead atoms. The number of rotatable bonds is 2. The zero-order chi connectivity index (χ0) is 12.6. The van der Waals surface area contributed by atoms with Gasteiger partial charge in [-0.25, -0.2) is 4.39 Å². The average molecular weight is 301 g/mol. The smallest absolute Gasteiger partial charge is 0.251 e. The van der Waals surface area contributed by atoms with E-state index in [0.717, 1.165) is 4.90 Å². The van der Waals surface area contributed by atoms with Crippen LogP contribution < -0.4 is 5.32 Å². The lowest BCUT2D eigenvalue weighted by Gasteiger charge is -2.14. The number of carbonyl (C=O) groups excluding carboxylic acids is 2. The maximum absolute atomic E-state index is 13.5. The Morgan fingerprint density at radius 1 is 1.47 bits per heavy atom. The quantitative estimate of drug-likeness (QED) is 0.847. The molecule has 1 atom stereocenters. The van der Waals surface area contributed by atoms with E-state index < -0.39 is 11.9 Å². The van der Waals surface area contributed by atoms with Crippen molar-refractivity contribution in [3.05, 3.63) is 28.5 Å². The van der Waals surface area contributed by atoms with Crippen molar-refractivity contribution in [3.63, 3.8) is 0 Å². The second kappa shape index (κ2) is 4.44. The zero-order valence-corrected chi connectivity index (χ0v) is 10.6. The minimum absolute atomic E-state index is 0.0517. The van der Waals surface area contributed by atoms with E-state index in [1.54, 1.807) is 12.1 Å². The van der Waals surface area contributed by atoms with Crippen LogP contribution in [-0.2, 0) is 9.59 Å². The minimum atomic E-state index is -0.694. The summed E-state index contributed by atoms with van der Waals surface area (Å²) in [5, 5.41) is 2.75. The van der Waals surface area contributed by atoms with Crippen LogP contribution in [0.4, 0.5) is 10.1 Å². The Labute approximate surface area is 106 Å². The molecule has 17 heavy (non-hydrogen) atoms. The first-order chi connectivity index (χ1) is 8.00. The Bertz CT molecular complexity index is 472. The molecule has 1 aromatic carbocycles. The number of hydrogen-bond donors (Lipinski definition) is 1. The number of amides is 2. The number of benzene rings is 1. The van der Waals surface area contributed by atoms with Gasteiger partial charge in [0.2, 0.25) is 5.91 Å². The predicted octanol–water partition coefficient (Wildman–Crippen LogP) is 1.76. The molecule has 6 heteroatoms. The van der Waals surface area contributed by atoms with Gasteiger partial charge in [0.1, 0.15) is 11.9 Å². The highest BCUT2D eigenvalue weighted by atomic mass is 79.9. The molecule has 1 fully saturated rings. The van der Waals surface area contributed by atoms with Gasteiger partial charge in [-0.1, -0.05) is 6.07 Å². The van der Waals surface area contributed by atoms with Crippen LogP contribution in [0.15, 0.2) is 22.7 Å². The number of imide groups is 1. The molecule has 1 heterocycles. The number of likely N-dealkylation sites (N-methyl/N-ethyl adjacent to an activating group) is 1. The van der Waals surface area contributed by atoms with E-state index in [0.29, 0.717) is 4.47 Å². The van der Waals surface area contributed by atoms with Gasteiger partial charge in [-0.2, -0.15) is 0 Å². The van der Waals surface area contributed by atoms with Crippen molar-refractivity contribution in [3.8, 4) is 0 Å². The van der Waals surface area contributed by atoms with Gasteiger partial charge in [0.05, 0.1) is 12.1 Å². The van der Waals surface area contributed by atoms with Crippen LogP contribution in [0.2, 0.25) is 0 Å². The molecular weight excluding hydrogens is 291 g/mol. The first-order valence-corrected chi connectivity index (χ1v) is 5.81. The molecule has 1 aliphatic heterocycles. The molecule has 1 aliphatic rings. The molecule has 1 unspecified atom stereocenters. The molecule has 0 saturated carbocycles. The number of likely N-dealkylation sites (tertiary alicyclic amines) is 1. The van der Waals surface area contributed by atoms with Crippen LogP contribution >= 0.6 is 15.9 Å². The van der Waals surface area contributed by atoms with Crippen molar-refractivity contribution >= 4 is 33.4 Å². The molecule has 1 N–H and O–H groups in total. The third-order valence-electron chi connectivity index (χ3n) is 2.66. The van der Waals surface area contributed by atoms with E-state index in [2.05, 4.69) is 21.2 Å². The number of anilines is 1. The summed E-state index contributed by atoms with van der Waals surface area (Å²) in [6, 6.07) is 3.81. The molecule has 2 rings (SSSR count). The number of nitrogens with zero attached hydrogens (tertiary/aromatic N) is 1. The number of para-hydroxylation sites is 1. The SMILES string of the molecule is CN1C(=O)CC(Nc2c(F)cccc2Br)C1=O. The summed E-state index contributed by atoms with van der Waals surface area (Å²) < 4.78 is 14.0. The van der Waals surface area contributed by atoms with Gasteiger partial charge in [0.25, 0.3) is 5.91 Å². The summed E-state index contributed by atoms with van der Waals surface area (Å²) in [5.41, 5.74) is 0.203. The second-order valence-electron chi connectivity index (χ2n) is 3.79. The summed E-state index contributed by atoms with van der Waals surface area (Å²) in [4.78, 5) is 24.0. The summed E-state index contributed by atoms with van der Waals surface area (Å²) in [5.74, 6) is -1.07. The molecule has 1 aromatic rings. The Balaban J connectivity index is 2.23. The van der Waals surface area contributed by atoms with Gasteiger partial charge in [-0.15, -0.1) is 0 Å². The van der Waals surface area contributed by atoms with E-state index in [9.17, 15) is 14.0 Å². The van der Waals surface area contributed by atoms with Crippen LogP contribution in [0.1, 0.15) is 6.42 Å². The van der Waals surface area contributed by atoms with Crippen molar-refractivity contribution in [2.75, 3.05) is 12.4 Å². The van der Waals surface area contributed by atoms with Gasteiger partial charge < -0.3 is 5.32 Å². The molecule has 0 aliphatic carbocycles. The van der Waals surface area contributed by atoms with E-state index >= 15 is 0 Å². The highest BCUT2D eigenvalue weighted by Gasteiger charge is 2.36. The molecule has 4 nitrogen and oxygen atoms in total. The van der Waals surface area contributed by atoms with Gasteiger partial charge in [-0.05, 0) is 28.1 Å². The van der Waals surface area contributed by atoms with Crippen molar-refractivity contribution < 1.29 is 14.0 Å². The average Bonchev–Trinajstić information content (AvgIpc) is 2.52. The first kappa shape index (κ1) is 12.0. The van der Waals surface area contributed by atoms with Crippen molar-refractivity contribution in [2.45, 2.75) is 12.5 Å². The van der Waals surface area contributed by atoms with Crippen LogP contribution in [0.25, 0.3) is 0 Å². The van der Waals surface area contributed by atoms with E-state index in [1.807, 2.05) is 0 Å². The van der Waals surface area contributed by atoms with E-state index in [4.69, 9.17) is 0 Å². The topological polar surface area (TPSA) is 49.4 Å². The van der Waals surface area contributed by atoms with Crippen LogP contribution in [0.3, 0.4) is 0 Å². The Morgan fingerprint density at radius 3 is 2.71 bits per heavy atom. The monoisotopic (exact) mass is 300 g/mol. The van der Waals surface area contributed by atoms with Crippen LogP contribution in [-0.4, -0.2) is 29.8 Å². The number of halogens is 2. The van der Waals surface area contributed by atoms with Gasteiger partial charge in [-0.3, -0.25) is 14.5 Å². The second-order valence-corrected chi connectivity index (χ2v) is 4.64. The normalized spacial score (nSPS) is 19.9. The van der Waals surface area contributed by atoms with Crippen LogP contribution in [0.5, 0.6) is 0 Å². The van der Waals surface area contributed by atoms with Gasteiger partial charge >= 0.3 is 0 Å². The Morgan fingerprint density at radius 2 is 2.18 bits per heavy atom. The Kier molecular flexibility index (Phi) is 3.15. The lowest BCUT2D eigenvalue weighted by atomic mass is 10.2. The lowest BCUT2D eigenvalue weighted by Crippen LogP contribution is -2.32.